The first-order valence-corrected chi connectivity index (χ1v) is 9.82. The first-order chi connectivity index (χ1) is 13.2. The van der Waals surface area contributed by atoms with Crippen molar-refractivity contribution in [1.82, 2.24) is 5.32 Å². The molecule has 6 nitrogen and oxygen atoms in total. The molecule has 1 aromatic rings. The predicted octanol–water partition coefficient (Wildman–Crippen LogP) is 1.83. The van der Waals surface area contributed by atoms with Crippen LogP contribution in [0.2, 0.25) is 0 Å². The molecule has 2 aliphatic heterocycles. The highest BCUT2D eigenvalue weighted by molar-refractivity contribution is 8.14. The number of aliphatic hydroxyl groups excluding tert-OH is 2. The molecule has 2 aliphatic rings. The van der Waals surface area contributed by atoms with Crippen LogP contribution in [0.25, 0.3) is 0 Å². The summed E-state index contributed by atoms with van der Waals surface area (Å²) in [6.45, 7) is 1.69. The number of aryl methyl sites for hydroxylation is 1. The van der Waals surface area contributed by atoms with Crippen LogP contribution in [0.4, 0.5) is 13.2 Å². The van der Waals surface area contributed by atoms with E-state index >= 15 is 0 Å². The molecule has 1 saturated heterocycles. The zero-order valence-electron chi connectivity index (χ0n) is 15.4. The van der Waals surface area contributed by atoms with Crippen LogP contribution in [-0.2, 0) is 22.5 Å². The van der Waals surface area contributed by atoms with Crippen molar-refractivity contribution < 1.29 is 32.9 Å². The van der Waals surface area contributed by atoms with Gasteiger partial charge in [0.05, 0.1) is 6.61 Å². The topological polar surface area (TPSA) is 83.3 Å². The van der Waals surface area contributed by atoms with E-state index < -0.39 is 42.1 Å². The third-order valence-corrected chi connectivity index (χ3v) is 5.95. The van der Waals surface area contributed by atoms with Crippen molar-refractivity contribution in [3.05, 3.63) is 35.4 Å². The van der Waals surface area contributed by atoms with Crippen molar-refractivity contribution in [1.29, 1.82) is 0 Å². The number of aliphatic imine (C=N–C) groups is 1. The molecule has 0 spiro atoms. The predicted molar refractivity (Wildman–Crippen MR) is 99.0 cm³/mol. The average molecular weight is 420 g/mol. The van der Waals surface area contributed by atoms with Crippen LogP contribution >= 0.6 is 11.8 Å². The number of nitrogens with zero attached hydrogens (tertiary/aromatic N) is 1. The maximum atomic E-state index is 13.7. The van der Waals surface area contributed by atoms with Gasteiger partial charge in [0.25, 0.3) is 0 Å². The van der Waals surface area contributed by atoms with Crippen LogP contribution in [0.3, 0.4) is 0 Å². The summed E-state index contributed by atoms with van der Waals surface area (Å²) in [5, 5.41) is 23.8. The van der Waals surface area contributed by atoms with Gasteiger partial charge in [-0.25, -0.2) is 0 Å². The van der Waals surface area contributed by atoms with E-state index in [0.717, 1.165) is 23.7 Å². The van der Waals surface area contributed by atoms with Crippen LogP contribution in [0.5, 0.6) is 0 Å². The molecule has 1 unspecified atom stereocenters. The van der Waals surface area contributed by atoms with Crippen molar-refractivity contribution in [3.63, 3.8) is 0 Å². The highest BCUT2D eigenvalue weighted by atomic mass is 32.2. The molecule has 0 aliphatic carbocycles. The largest absolute Gasteiger partial charge is 0.417 e. The molecule has 1 fully saturated rings. The van der Waals surface area contributed by atoms with Crippen molar-refractivity contribution in [2.45, 2.75) is 62.0 Å². The third kappa shape index (κ3) is 4.46. The lowest BCUT2D eigenvalue weighted by Crippen LogP contribution is -2.61. The number of hydrogen-bond acceptors (Lipinski definition) is 7. The van der Waals surface area contributed by atoms with E-state index in [0.29, 0.717) is 10.7 Å². The fourth-order valence-corrected chi connectivity index (χ4v) is 4.26. The molecule has 2 heterocycles. The maximum Gasteiger partial charge on any atom is 0.417 e. The first-order valence-electron chi connectivity index (χ1n) is 8.94. The first kappa shape index (κ1) is 21.4. The Labute approximate surface area is 165 Å². The number of aliphatic hydroxyl groups is 2. The molecule has 3 N–H and O–H groups in total. The summed E-state index contributed by atoms with van der Waals surface area (Å²) in [4.78, 5) is 4.14. The van der Waals surface area contributed by atoms with Gasteiger partial charge in [-0.1, -0.05) is 43.0 Å². The number of alkyl halides is 3. The lowest BCUT2D eigenvalue weighted by molar-refractivity contribution is -0.286. The minimum atomic E-state index is -4.78. The fourth-order valence-electron chi connectivity index (χ4n) is 3.19. The van der Waals surface area contributed by atoms with E-state index in [9.17, 15) is 23.4 Å². The van der Waals surface area contributed by atoms with E-state index in [2.05, 4.69) is 10.3 Å². The standard InChI is InChI=1S/C18H23F3N2O4S/c1-3-9-4-6-10(7-5-9)8-26-15(18(19,20)21)14-13(25)12(24)11-16(27-14)28-17(22-2)23-11/h4-7,11-16,24-25H,3,8H2,1-2H3,(H,22,23)/t11-,12-,13+,14?,15-,16-/m1/s1. The zero-order chi connectivity index (χ0) is 20.5. The number of nitrogens with one attached hydrogen (secondary N) is 1. The van der Waals surface area contributed by atoms with Gasteiger partial charge < -0.3 is 25.0 Å². The molecule has 1 aromatic carbocycles. The minimum Gasteiger partial charge on any atom is -0.388 e. The van der Waals surface area contributed by atoms with Gasteiger partial charge in [0, 0.05) is 7.05 Å². The Morgan fingerprint density at radius 2 is 1.86 bits per heavy atom. The number of hydrogen-bond donors (Lipinski definition) is 3. The molecule has 0 aromatic heterocycles. The molecule has 28 heavy (non-hydrogen) atoms. The van der Waals surface area contributed by atoms with Crippen LogP contribution in [0, 0.1) is 0 Å². The lowest BCUT2D eigenvalue weighted by Gasteiger charge is -2.41. The molecule has 3 rings (SSSR count). The molecule has 0 bridgehead atoms. The van der Waals surface area contributed by atoms with E-state index in [4.69, 9.17) is 9.47 Å². The Morgan fingerprint density at radius 1 is 1.21 bits per heavy atom. The van der Waals surface area contributed by atoms with Crippen molar-refractivity contribution >= 4 is 16.9 Å². The Bertz CT molecular complexity index is 701. The Kier molecular flexibility index (Phi) is 6.55. The molecule has 0 amide bonds. The highest BCUT2D eigenvalue weighted by Gasteiger charge is 2.57. The van der Waals surface area contributed by atoms with Gasteiger partial charge in [-0.15, -0.1) is 0 Å². The van der Waals surface area contributed by atoms with Crippen LogP contribution < -0.4 is 5.32 Å². The molecular formula is C18H23F3N2O4S. The summed E-state index contributed by atoms with van der Waals surface area (Å²) >= 11 is 1.07. The van der Waals surface area contributed by atoms with Gasteiger partial charge in [0.15, 0.2) is 11.3 Å². The van der Waals surface area contributed by atoms with Crippen LogP contribution in [0.1, 0.15) is 18.1 Å². The summed E-state index contributed by atoms with van der Waals surface area (Å²) in [6, 6.07) is 6.22. The maximum absolute atomic E-state index is 13.7. The Morgan fingerprint density at radius 3 is 2.43 bits per heavy atom. The zero-order valence-corrected chi connectivity index (χ0v) is 16.2. The number of benzene rings is 1. The summed E-state index contributed by atoms with van der Waals surface area (Å²) in [6.07, 6.45) is -11.4. The van der Waals surface area contributed by atoms with Gasteiger partial charge in [0.1, 0.15) is 29.8 Å². The van der Waals surface area contributed by atoms with Gasteiger partial charge in [-0.3, -0.25) is 4.99 Å². The quantitative estimate of drug-likeness (QED) is 0.674. The number of halogens is 3. The molecule has 6 atom stereocenters. The highest BCUT2D eigenvalue weighted by Crippen LogP contribution is 2.40. The Hall–Kier alpha value is -1.33. The summed E-state index contributed by atoms with van der Waals surface area (Å²) < 4.78 is 51.6. The molecule has 156 valence electrons. The summed E-state index contributed by atoms with van der Waals surface area (Å²) in [7, 11) is 1.61. The second-order valence-corrected chi connectivity index (χ2v) is 7.77. The third-order valence-electron chi connectivity index (χ3n) is 4.80. The second-order valence-electron chi connectivity index (χ2n) is 6.69. The lowest BCUT2D eigenvalue weighted by atomic mass is 9.94. The smallest absolute Gasteiger partial charge is 0.388 e. The molecule has 0 radical (unpaired) electrons. The fraction of sp³-hybridized carbons (Fsp3) is 0.611. The molecular weight excluding hydrogens is 397 g/mol. The van der Waals surface area contributed by atoms with Crippen molar-refractivity contribution in [2.24, 2.45) is 4.99 Å². The SMILES string of the molecule is CCc1ccc(CO[C@H](C2O[C@@H]3SC(NC)=N[C@@H]3[C@@H](O)[C@@H]2O)C(F)(F)F)cc1. The number of rotatable bonds is 5. The second kappa shape index (κ2) is 8.58. The number of thioether (sulfide) groups is 1. The van der Waals surface area contributed by atoms with Crippen LogP contribution in [0.15, 0.2) is 29.3 Å². The number of ether oxygens (including phenoxy) is 2. The average Bonchev–Trinajstić information content (AvgIpc) is 3.08. The number of amidine groups is 1. The van der Waals surface area contributed by atoms with Gasteiger partial charge in [-0.05, 0) is 17.5 Å². The van der Waals surface area contributed by atoms with Gasteiger partial charge in [-0.2, -0.15) is 13.2 Å². The van der Waals surface area contributed by atoms with E-state index in [1.165, 1.54) is 0 Å². The minimum absolute atomic E-state index is 0.295. The molecule has 10 heteroatoms. The summed E-state index contributed by atoms with van der Waals surface area (Å²) in [5.74, 6) is 0. The van der Waals surface area contributed by atoms with E-state index in [1.807, 2.05) is 19.1 Å². The van der Waals surface area contributed by atoms with Gasteiger partial charge >= 0.3 is 6.18 Å². The van der Waals surface area contributed by atoms with Crippen LogP contribution in [-0.4, -0.2) is 64.5 Å². The van der Waals surface area contributed by atoms with Crippen molar-refractivity contribution in [2.75, 3.05) is 7.05 Å². The van der Waals surface area contributed by atoms with E-state index in [-0.39, 0.29) is 6.61 Å². The molecule has 0 saturated carbocycles. The Balaban J connectivity index is 1.74. The normalized spacial score (nSPS) is 31.2. The van der Waals surface area contributed by atoms with Crippen molar-refractivity contribution in [3.8, 4) is 0 Å². The van der Waals surface area contributed by atoms with Gasteiger partial charge in [0.2, 0.25) is 0 Å². The van der Waals surface area contributed by atoms with E-state index in [1.54, 1.807) is 19.2 Å². The monoisotopic (exact) mass is 420 g/mol. The number of fused-ring (bicyclic) bond motifs is 1. The summed E-state index contributed by atoms with van der Waals surface area (Å²) in [5.41, 5.74) is 0.810.